The molecule has 2 N–H and O–H groups in total. The molecule has 0 bridgehead atoms. The van der Waals surface area contributed by atoms with Crippen LogP contribution in [0.1, 0.15) is 25.7 Å². The van der Waals surface area contributed by atoms with Crippen LogP contribution in [0.25, 0.3) is 0 Å². The van der Waals surface area contributed by atoms with E-state index in [2.05, 4.69) is 0 Å². The van der Waals surface area contributed by atoms with Gasteiger partial charge in [0.05, 0.1) is 0 Å². The predicted octanol–water partition coefficient (Wildman–Crippen LogP) is 0.888. The zero-order chi connectivity index (χ0) is 4.91. The maximum atomic E-state index is 5.72. The first-order valence-electron chi connectivity index (χ1n) is 3.09. The maximum absolute atomic E-state index is 5.72. The maximum Gasteiger partial charge on any atom is 0.00957 e. The first-order chi connectivity index (χ1) is 3.33. The summed E-state index contributed by atoms with van der Waals surface area (Å²) < 4.78 is 0. The summed E-state index contributed by atoms with van der Waals surface area (Å²) in [5.74, 6) is 0. The van der Waals surface area contributed by atoms with Gasteiger partial charge in [-0.05, 0) is 31.1 Å². The van der Waals surface area contributed by atoms with E-state index < -0.39 is 0 Å². The molecule has 0 saturated heterocycles. The summed E-state index contributed by atoms with van der Waals surface area (Å²) in [6, 6.07) is 0.590. The van der Waals surface area contributed by atoms with E-state index in [1.54, 1.807) is 0 Å². The van der Waals surface area contributed by atoms with Crippen LogP contribution >= 0.6 is 0 Å². The molecule has 2 saturated carbocycles. The Kier molecular flexibility index (Phi) is 0.487. The van der Waals surface area contributed by atoms with Crippen molar-refractivity contribution in [3.63, 3.8) is 0 Å². The van der Waals surface area contributed by atoms with Crippen LogP contribution in [0.2, 0.25) is 0 Å². The second kappa shape index (κ2) is 0.873. The number of hydrogen-bond acceptors (Lipinski definition) is 1. The van der Waals surface area contributed by atoms with E-state index in [9.17, 15) is 0 Å². The van der Waals surface area contributed by atoms with Crippen molar-refractivity contribution in [3.8, 4) is 0 Å². The van der Waals surface area contributed by atoms with Gasteiger partial charge in [-0.25, -0.2) is 0 Å². The monoisotopic (exact) mass is 97.1 g/mol. The quantitative estimate of drug-likeness (QED) is 0.477. The fraction of sp³-hybridized carbons (Fsp3) is 1.00. The third-order valence-corrected chi connectivity index (χ3v) is 2.63. The molecule has 1 heteroatoms. The van der Waals surface area contributed by atoms with Crippen molar-refractivity contribution in [1.29, 1.82) is 0 Å². The average Bonchev–Trinajstić information content (AvgIpc) is 2.40. The molecule has 0 unspecified atom stereocenters. The number of hydrogen-bond donors (Lipinski definition) is 1. The Morgan fingerprint density at radius 2 is 2.00 bits per heavy atom. The zero-order valence-corrected chi connectivity index (χ0v) is 4.48. The van der Waals surface area contributed by atoms with Crippen LogP contribution in [-0.2, 0) is 0 Å². The Balaban J connectivity index is 2.09. The molecular formula is C6H11N. The molecule has 0 aliphatic heterocycles. The molecular weight excluding hydrogens is 86.1 g/mol. The number of nitrogens with two attached hydrogens (primary N) is 1. The van der Waals surface area contributed by atoms with Crippen LogP contribution in [0.15, 0.2) is 0 Å². The Morgan fingerprint density at radius 3 is 2.00 bits per heavy atom. The molecule has 0 aromatic carbocycles. The molecule has 2 aliphatic rings. The largest absolute Gasteiger partial charge is 0.327 e. The summed E-state index contributed by atoms with van der Waals surface area (Å²) in [7, 11) is 0. The molecule has 0 amide bonds. The third-order valence-electron chi connectivity index (χ3n) is 2.63. The van der Waals surface area contributed by atoms with Gasteiger partial charge in [0.1, 0.15) is 0 Å². The summed E-state index contributed by atoms with van der Waals surface area (Å²) >= 11 is 0. The van der Waals surface area contributed by atoms with Crippen LogP contribution in [0.4, 0.5) is 0 Å². The summed E-state index contributed by atoms with van der Waals surface area (Å²) in [5.41, 5.74) is 6.43. The lowest BCUT2D eigenvalue weighted by molar-refractivity contribution is 0.230. The van der Waals surface area contributed by atoms with Gasteiger partial charge in [0.25, 0.3) is 0 Å². The van der Waals surface area contributed by atoms with E-state index in [0.717, 1.165) is 0 Å². The molecule has 2 fully saturated rings. The Labute approximate surface area is 43.9 Å². The summed E-state index contributed by atoms with van der Waals surface area (Å²) in [4.78, 5) is 0. The minimum Gasteiger partial charge on any atom is -0.327 e. The van der Waals surface area contributed by atoms with Gasteiger partial charge in [0, 0.05) is 6.04 Å². The van der Waals surface area contributed by atoms with Crippen LogP contribution < -0.4 is 5.73 Å². The van der Waals surface area contributed by atoms with Crippen molar-refractivity contribution in [2.45, 2.75) is 31.7 Å². The van der Waals surface area contributed by atoms with Crippen molar-refractivity contribution in [2.75, 3.05) is 0 Å². The minimum absolute atomic E-state index is 0.590. The predicted molar refractivity (Wildman–Crippen MR) is 28.9 cm³/mol. The zero-order valence-electron chi connectivity index (χ0n) is 4.48. The van der Waals surface area contributed by atoms with Gasteiger partial charge in [0.15, 0.2) is 0 Å². The lowest BCUT2D eigenvalue weighted by Gasteiger charge is -2.33. The Bertz CT molecular complexity index is 94.4. The van der Waals surface area contributed by atoms with E-state index in [0.29, 0.717) is 11.5 Å². The van der Waals surface area contributed by atoms with E-state index in [1.165, 1.54) is 25.7 Å². The van der Waals surface area contributed by atoms with Crippen molar-refractivity contribution in [1.82, 2.24) is 0 Å². The fourth-order valence-corrected chi connectivity index (χ4v) is 1.50. The molecule has 7 heavy (non-hydrogen) atoms. The van der Waals surface area contributed by atoms with Crippen LogP contribution in [-0.4, -0.2) is 6.04 Å². The Hall–Kier alpha value is -0.0400. The SMILES string of the molecule is N[C@@H]1CCC12CC2. The molecule has 0 aromatic rings. The summed E-state index contributed by atoms with van der Waals surface area (Å²) in [5, 5.41) is 0. The second-order valence-electron chi connectivity index (χ2n) is 3.01. The second-order valence-corrected chi connectivity index (χ2v) is 3.01. The average molecular weight is 97.2 g/mol. The highest BCUT2D eigenvalue weighted by Gasteiger charge is 2.53. The minimum atomic E-state index is 0.590. The van der Waals surface area contributed by atoms with Gasteiger partial charge in [-0.15, -0.1) is 0 Å². The molecule has 1 atom stereocenters. The van der Waals surface area contributed by atoms with Crippen LogP contribution in [0, 0.1) is 5.41 Å². The molecule has 1 spiro atoms. The standard InChI is InChI=1S/C6H11N/c7-5-1-2-6(5)3-4-6/h5H,1-4,7H2/t5-/m1/s1. The molecule has 2 rings (SSSR count). The molecule has 1 nitrogen and oxygen atoms in total. The fourth-order valence-electron chi connectivity index (χ4n) is 1.50. The van der Waals surface area contributed by atoms with Crippen LogP contribution in [0.5, 0.6) is 0 Å². The third kappa shape index (κ3) is 0.325. The van der Waals surface area contributed by atoms with Crippen molar-refractivity contribution < 1.29 is 0 Å². The Morgan fingerprint density at radius 1 is 1.29 bits per heavy atom. The summed E-state index contributed by atoms with van der Waals surface area (Å²) in [6.07, 6.45) is 5.57. The molecule has 0 radical (unpaired) electrons. The smallest absolute Gasteiger partial charge is 0.00957 e. The normalized spacial score (nSPS) is 43.3. The van der Waals surface area contributed by atoms with Gasteiger partial charge in [-0.1, -0.05) is 0 Å². The van der Waals surface area contributed by atoms with Gasteiger partial charge in [-0.3, -0.25) is 0 Å². The topological polar surface area (TPSA) is 26.0 Å². The summed E-state index contributed by atoms with van der Waals surface area (Å²) in [6.45, 7) is 0. The highest BCUT2D eigenvalue weighted by Crippen LogP contribution is 2.59. The molecule has 0 aromatic heterocycles. The first-order valence-corrected chi connectivity index (χ1v) is 3.09. The lowest BCUT2D eigenvalue weighted by atomic mass is 9.77. The van der Waals surface area contributed by atoms with Gasteiger partial charge in [0.2, 0.25) is 0 Å². The van der Waals surface area contributed by atoms with E-state index in [-0.39, 0.29) is 0 Å². The van der Waals surface area contributed by atoms with Gasteiger partial charge >= 0.3 is 0 Å². The lowest BCUT2D eigenvalue weighted by Crippen LogP contribution is -2.40. The number of rotatable bonds is 0. The van der Waals surface area contributed by atoms with E-state index in [4.69, 9.17) is 5.73 Å². The van der Waals surface area contributed by atoms with E-state index >= 15 is 0 Å². The molecule has 40 valence electrons. The van der Waals surface area contributed by atoms with Crippen molar-refractivity contribution >= 4 is 0 Å². The van der Waals surface area contributed by atoms with Gasteiger partial charge < -0.3 is 5.73 Å². The highest BCUT2D eigenvalue weighted by molar-refractivity contribution is 5.08. The highest BCUT2D eigenvalue weighted by atomic mass is 14.8. The van der Waals surface area contributed by atoms with Crippen molar-refractivity contribution in [2.24, 2.45) is 11.1 Å². The van der Waals surface area contributed by atoms with Crippen LogP contribution in [0.3, 0.4) is 0 Å². The molecule has 2 aliphatic carbocycles. The van der Waals surface area contributed by atoms with Gasteiger partial charge in [-0.2, -0.15) is 0 Å². The first kappa shape index (κ1) is 3.90. The van der Waals surface area contributed by atoms with Crippen molar-refractivity contribution in [3.05, 3.63) is 0 Å². The van der Waals surface area contributed by atoms with E-state index in [1.807, 2.05) is 0 Å². The molecule has 0 heterocycles.